The highest BCUT2D eigenvalue weighted by Crippen LogP contribution is 2.39. The molecule has 0 bridgehead atoms. The molecule has 1 saturated carbocycles. The molecule has 1 amide bonds. The van der Waals surface area contributed by atoms with E-state index in [-0.39, 0.29) is 11.9 Å². The average molecular weight is 303 g/mol. The standard InChI is InChI=1S/C16H21N3OS/c1-8-7-12-13(9(2)18-8)14(17)15(21-12)16(20)19(4)10(3)11-5-6-11/h7,10-11H,5-6,17H2,1-4H3. The highest BCUT2D eigenvalue weighted by atomic mass is 32.1. The van der Waals surface area contributed by atoms with Crippen molar-refractivity contribution in [2.75, 3.05) is 12.8 Å². The number of nitrogens with two attached hydrogens (primary N) is 1. The fraction of sp³-hybridized carbons (Fsp3) is 0.500. The number of fused-ring (bicyclic) bond motifs is 1. The molecule has 0 aromatic carbocycles. The number of hydrogen-bond acceptors (Lipinski definition) is 4. The Morgan fingerprint density at radius 3 is 2.76 bits per heavy atom. The molecule has 0 spiro atoms. The lowest BCUT2D eigenvalue weighted by molar-refractivity contribution is 0.0733. The van der Waals surface area contributed by atoms with Gasteiger partial charge in [-0.2, -0.15) is 0 Å². The summed E-state index contributed by atoms with van der Waals surface area (Å²) in [5.41, 5.74) is 8.68. The van der Waals surface area contributed by atoms with E-state index in [9.17, 15) is 4.79 Å². The van der Waals surface area contributed by atoms with Crippen molar-refractivity contribution in [2.45, 2.75) is 39.7 Å². The summed E-state index contributed by atoms with van der Waals surface area (Å²) in [6.45, 7) is 6.03. The van der Waals surface area contributed by atoms with Crippen LogP contribution in [0.25, 0.3) is 10.1 Å². The number of nitrogens with zero attached hydrogens (tertiary/aromatic N) is 2. The number of rotatable bonds is 3. The molecule has 2 aromatic rings. The summed E-state index contributed by atoms with van der Waals surface area (Å²) in [6.07, 6.45) is 2.45. The number of carbonyl (C=O) groups is 1. The Kier molecular flexibility index (Phi) is 3.40. The molecule has 112 valence electrons. The molecule has 2 N–H and O–H groups in total. The third-order valence-corrected chi connectivity index (χ3v) is 5.59. The van der Waals surface area contributed by atoms with Crippen molar-refractivity contribution in [3.05, 3.63) is 22.3 Å². The van der Waals surface area contributed by atoms with Gasteiger partial charge in [-0.05, 0) is 45.6 Å². The van der Waals surface area contributed by atoms with E-state index < -0.39 is 0 Å². The van der Waals surface area contributed by atoms with E-state index in [1.807, 2.05) is 31.9 Å². The van der Waals surface area contributed by atoms with Crippen LogP contribution in [0.15, 0.2) is 6.07 Å². The molecule has 0 saturated heterocycles. The maximum Gasteiger partial charge on any atom is 0.266 e. The van der Waals surface area contributed by atoms with Gasteiger partial charge in [0.05, 0.1) is 5.69 Å². The van der Waals surface area contributed by atoms with Crippen molar-refractivity contribution in [2.24, 2.45) is 5.92 Å². The maximum atomic E-state index is 12.7. The Bertz CT molecular complexity index is 718. The molecule has 0 radical (unpaired) electrons. The smallest absolute Gasteiger partial charge is 0.266 e. The number of nitrogen functional groups attached to an aromatic ring is 1. The van der Waals surface area contributed by atoms with Crippen molar-refractivity contribution in [1.82, 2.24) is 9.88 Å². The molecule has 5 heteroatoms. The number of thiophene rings is 1. The molecule has 1 unspecified atom stereocenters. The molecule has 0 aliphatic heterocycles. The molecular weight excluding hydrogens is 282 g/mol. The number of hydrogen-bond donors (Lipinski definition) is 1. The van der Waals surface area contributed by atoms with Crippen molar-refractivity contribution >= 4 is 33.0 Å². The largest absolute Gasteiger partial charge is 0.397 e. The fourth-order valence-corrected chi connectivity index (χ4v) is 4.13. The van der Waals surface area contributed by atoms with Crippen molar-refractivity contribution < 1.29 is 4.79 Å². The van der Waals surface area contributed by atoms with Crippen LogP contribution in [0.4, 0.5) is 5.69 Å². The lowest BCUT2D eigenvalue weighted by atomic mass is 10.1. The van der Waals surface area contributed by atoms with Crippen LogP contribution in [0.5, 0.6) is 0 Å². The van der Waals surface area contributed by atoms with Gasteiger partial charge in [0.1, 0.15) is 4.88 Å². The lowest BCUT2D eigenvalue weighted by Gasteiger charge is -2.24. The minimum absolute atomic E-state index is 0.0325. The summed E-state index contributed by atoms with van der Waals surface area (Å²) in [5.74, 6) is 0.686. The fourth-order valence-electron chi connectivity index (χ4n) is 2.88. The second-order valence-electron chi connectivity index (χ2n) is 6.06. The van der Waals surface area contributed by atoms with Gasteiger partial charge in [-0.25, -0.2) is 0 Å². The number of aromatic nitrogens is 1. The van der Waals surface area contributed by atoms with Gasteiger partial charge in [0.25, 0.3) is 5.91 Å². The topological polar surface area (TPSA) is 59.2 Å². The predicted octanol–water partition coefficient (Wildman–Crippen LogP) is 3.37. The first-order valence-electron chi connectivity index (χ1n) is 7.33. The van der Waals surface area contributed by atoms with E-state index in [1.165, 1.54) is 24.2 Å². The quantitative estimate of drug-likeness (QED) is 0.945. The molecule has 2 heterocycles. The van der Waals surface area contributed by atoms with Gasteiger partial charge in [-0.3, -0.25) is 9.78 Å². The summed E-state index contributed by atoms with van der Waals surface area (Å²) >= 11 is 1.48. The molecule has 1 aliphatic rings. The van der Waals surface area contributed by atoms with Crippen molar-refractivity contribution in [1.29, 1.82) is 0 Å². The van der Waals surface area contributed by atoms with Crippen LogP contribution in [0.1, 0.15) is 40.8 Å². The number of pyridine rings is 1. The van der Waals surface area contributed by atoms with Gasteiger partial charge in [0, 0.05) is 34.6 Å². The average Bonchev–Trinajstić information content (AvgIpc) is 3.21. The van der Waals surface area contributed by atoms with Crippen LogP contribution in [-0.4, -0.2) is 28.9 Å². The Morgan fingerprint density at radius 2 is 2.14 bits per heavy atom. The second kappa shape index (κ2) is 4.98. The molecular formula is C16H21N3OS. The molecule has 1 aliphatic carbocycles. The van der Waals surface area contributed by atoms with Gasteiger partial charge in [0.2, 0.25) is 0 Å². The maximum absolute atomic E-state index is 12.7. The van der Waals surface area contributed by atoms with Crippen LogP contribution in [0.3, 0.4) is 0 Å². The predicted molar refractivity (Wildman–Crippen MR) is 87.8 cm³/mol. The van der Waals surface area contributed by atoms with E-state index in [2.05, 4.69) is 11.9 Å². The van der Waals surface area contributed by atoms with E-state index in [0.29, 0.717) is 16.5 Å². The molecule has 2 aromatic heterocycles. The lowest BCUT2D eigenvalue weighted by Crippen LogP contribution is -2.36. The van der Waals surface area contributed by atoms with Gasteiger partial charge < -0.3 is 10.6 Å². The van der Waals surface area contributed by atoms with Crippen LogP contribution in [0, 0.1) is 19.8 Å². The van der Waals surface area contributed by atoms with E-state index in [4.69, 9.17) is 5.73 Å². The number of carbonyl (C=O) groups excluding carboxylic acids is 1. The van der Waals surface area contributed by atoms with E-state index in [1.54, 1.807) is 0 Å². The Hall–Kier alpha value is -1.62. The zero-order chi connectivity index (χ0) is 15.3. The minimum atomic E-state index is 0.0325. The monoisotopic (exact) mass is 303 g/mol. The van der Waals surface area contributed by atoms with Crippen molar-refractivity contribution in [3.63, 3.8) is 0 Å². The van der Waals surface area contributed by atoms with Crippen LogP contribution in [0.2, 0.25) is 0 Å². The van der Waals surface area contributed by atoms with Crippen LogP contribution >= 0.6 is 11.3 Å². The zero-order valence-corrected chi connectivity index (χ0v) is 13.8. The number of amides is 1. The summed E-state index contributed by atoms with van der Waals surface area (Å²) in [7, 11) is 1.88. The first-order valence-corrected chi connectivity index (χ1v) is 8.15. The molecule has 4 nitrogen and oxygen atoms in total. The SMILES string of the molecule is Cc1cc2sc(C(=O)N(C)C(C)C3CC3)c(N)c2c(C)n1. The third-order valence-electron chi connectivity index (χ3n) is 4.45. The van der Waals surface area contributed by atoms with Gasteiger partial charge in [-0.1, -0.05) is 0 Å². The number of aryl methyl sites for hydroxylation is 2. The molecule has 1 atom stereocenters. The first kappa shape index (κ1) is 14.3. The summed E-state index contributed by atoms with van der Waals surface area (Å²) in [5, 5.41) is 0.932. The van der Waals surface area contributed by atoms with E-state index >= 15 is 0 Å². The summed E-state index contributed by atoms with van der Waals surface area (Å²) < 4.78 is 1.05. The Morgan fingerprint density at radius 1 is 1.48 bits per heavy atom. The normalized spacial score (nSPS) is 16.2. The van der Waals surface area contributed by atoms with Crippen LogP contribution in [-0.2, 0) is 0 Å². The first-order chi connectivity index (χ1) is 9.90. The highest BCUT2D eigenvalue weighted by Gasteiger charge is 2.34. The Balaban J connectivity index is 2.02. The molecule has 1 fully saturated rings. The minimum Gasteiger partial charge on any atom is -0.397 e. The number of anilines is 1. The van der Waals surface area contributed by atoms with E-state index in [0.717, 1.165) is 21.5 Å². The van der Waals surface area contributed by atoms with Gasteiger partial charge in [-0.15, -0.1) is 11.3 Å². The molecule has 3 rings (SSSR count). The van der Waals surface area contributed by atoms with Crippen molar-refractivity contribution in [3.8, 4) is 0 Å². The van der Waals surface area contributed by atoms with Gasteiger partial charge >= 0.3 is 0 Å². The highest BCUT2D eigenvalue weighted by molar-refractivity contribution is 7.21. The molecule has 21 heavy (non-hydrogen) atoms. The summed E-state index contributed by atoms with van der Waals surface area (Å²) in [4.78, 5) is 19.7. The second-order valence-corrected chi connectivity index (χ2v) is 7.11. The zero-order valence-electron chi connectivity index (χ0n) is 12.9. The Labute approximate surface area is 129 Å². The summed E-state index contributed by atoms with van der Waals surface area (Å²) in [6, 6.07) is 2.29. The van der Waals surface area contributed by atoms with Crippen LogP contribution < -0.4 is 5.73 Å². The van der Waals surface area contributed by atoms with Gasteiger partial charge in [0.15, 0.2) is 0 Å². The third kappa shape index (κ3) is 2.39.